The van der Waals surface area contributed by atoms with E-state index in [2.05, 4.69) is 136 Å². The molecule has 5 unspecified atom stereocenters. The number of aliphatic hydroxyl groups excluding tert-OH is 2. The molecule has 0 radical (unpaired) electrons. The molecule has 5 aromatic rings. The van der Waals surface area contributed by atoms with E-state index in [0.717, 1.165) is 27.8 Å². The Morgan fingerprint density at radius 2 is 0.863 bits per heavy atom. The van der Waals surface area contributed by atoms with E-state index in [1.54, 1.807) is 6.92 Å². The quantitative estimate of drug-likeness (QED) is 0.0581. The van der Waals surface area contributed by atoms with E-state index in [1.807, 2.05) is 152 Å². The lowest BCUT2D eigenvalue weighted by Gasteiger charge is -2.46. The van der Waals surface area contributed by atoms with Crippen LogP contribution >= 0.6 is 0 Å². The standard InChI is InChI=1S/C70H55NO9.22H2/c1-2-3-4-5-6-7-8-9-10-11-12-13-14-15-16-17-18-19-20-21-37-48-65(73)71-62(66(74)63(72)50-49-57-38-27-22-28-39-57)55-79-70-69(78-54-61-46-35-26-36-47-61)68(77-53-60-44-33-25-34-45-60)67(76-52-59-42-31-24-32-43-59)64(80-70)56-75-51-58-40-29-23-30-41-58;;;;;;;;;;;;;;;;;;;;;;/h22-36,38-47,62-64,66-70,72,74H,49-56H2,1H3,(H,71,73);22*1H/t62-,63+,64?,66-,67?,68?,69?,70?;;;;;;;;;;;;;;;;;;;;;;/m0....................../s1. The van der Waals surface area contributed by atoms with Gasteiger partial charge in [0.15, 0.2) is 6.29 Å². The third-order valence-electron chi connectivity index (χ3n) is 11.5. The van der Waals surface area contributed by atoms with E-state index in [0.29, 0.717) is 13.0 Å². The molecule has 8 atom stereocenters. The summed E-state index contributed by atoms with van der Waals surface area (Å²) in [6, 6.07) is 47.3. The molecule has 1 heterocycles. The number of aryl methyl sites for hydroxylation is 1. The van der Waals surface area contributed by atoms with Gasteiger partial charge in [-0.2, -0.15) is 0 Å². The topological polar surface area (TPSA) is 125 Å². The smallest absolute Gasteiger partial charge is 0.297 e. The van der Waals surface area contributed by atoms with Crippen molar-refractivity contribution in [2.45, 2.75) is 95.1 Å². The van der Waals surface area contributed by atoms with Crippen molar-refractivity contribution in [3.8, 4) is 130 Å². The molecule has 1 fully saturated rings. The molecule has 0 saturated carbocycles. The molecule has 6 rings (SSSR count). The van der Waals surface area contributed by atoms with E-state index in [9.17, 15) is 15.0 Å². The fourth-order valence-electron chi connectivity index (χ4n) is 7.62. The fourth-order valence-corrected chi connectivity index (χ4v) is 7.62. The van der Waals surface area contributed by atoms with Crippen LogP contribution in [0.2, 0.25) is 0 Å². The minimum absolute atomic E-state index is 0. The second-order valence-corrected chi connectivity index (χ2v) is 17.2. The van der Waals surface area contributed by atoms with Crippen LogP contribution in [0.15, 0.2) is 152 Å². The number of rotatable bonds is 22. The summed E-state index contributed by atoms with van der Waals surface area (Å²) in [5.41, 5.74) is 4.67. The number of benzene rings is 5. The van der Waals surface area contributed by atoms with Crippen molar-refractivity contribution >= 4 is 5.91 Å². The van der Waals surface area contributed by atoms with Gasteiger partial charge >= 0.3 is 0 Å². The van der Waals surface area contributed by atoms with Crippen LogP contribution in [0.25, 0.3) is 0 Å². The third-order valence-corrected chi connectivity index (χ3v) is 11.5. The van der Waals surface area contributed by atoms with Gasteiger partial charge < -0.3 is 44.0 Å². The number of ether oxygens (including phenoxy) is 6. The molecule has 3 N–H and O–H groups in total. The first kappa shape index (κ1) is 59.7. The minimum atomic E-state index is -1.52. The first-order valence-electron chi connectivity index (χ1n) is 25.5. The second-order valence-electron chi connectivity index (χ2n) is 17.2. The van der Waals surface area contributed by atoms with Gasteiger partial charge in [-0.1, -0.05) is 158 Å². The Morgan fingerprint density at radius 3 is 1.30 bits per heavy atom. The molecule has 0 bridgehead atoms. The van der Waals surface area contributed by atoms with E-state index >= 15 is 0 Å². The van der Waals surface area contributed by atoms with Crippen LogP contribution in [-0.4, -0.2) is 78.3 Å². The maximum absolute atomic E-state index is 13.5. The molecule has 0 aromatic heterocycles. The summed E-state index contributed by atoms with van der Waals surface area (Å²) in [6.45, 7) is 2.26. The van der Waals surface area contributed by atoms with E-state index < -0.39 is 54.9 Å². The summed E-state index contributed by atoms with van der Waals surface area (Å²) in [6.07, 6.45) is -6.67. The molecule has 0 aliphatic carbocycles. The summed E-state index contributed by atoms with van der Waals surface area (Å²) in [5, 5.41) is 26.0. The van der Waals surface area contributed by atoms with Crippen molar-refractivity contribution in [1.29, 1.82) is 0 Å². The molecule has 1 aliphatic heterocycles. The number of amides is 1. The Bertz CT molecular complexity index is 3570. The van der Waals surface area contributed by atoms with Crippen LogP contribution in [0, 0.1) is 130 Å². The SMILES string of the molecule is CC#CC#CC#CC#CC#CC#CC#CC#CC#CC#CC#CC(=O)N[C@@H](COC1OC(COCc2ccccc2)C(OCc2ccccc2)C(OCc2ccccc2)C1OCc1ccccc1)[C@H](O)[C@H](O)CCc1ccccc1.[HH].[HH].[HH].[HH].[HH].[HH].[HH].[HH].[HH].[HH].[HH].[HH].[HH].[HH].[HH].[HH].[HH].[HH].[HH].[HH].[HH].[HH]. The van der Waals surface area contributed by atoms with Gasteiger partial charge in [-0.05, 0) is 142 Å². The highest BCUT2D eigenvalue weighted by Gasteiger charge is 2.49. The van der Waals surface area contributed by atoms with Crippen LogP contribution in [0.5, 0.6) is 0 Å². The molecule has 1 aliphatic rings. The van der Waals surface area contributed by atoms with Crippen molar-refractivity contribution in [2.75, 3.05) is 13.2 Å². The molecule has 0 spiro atoms. The van der Waals surface area contributed by atoms with Crippen molar-refractivity contribution in [2.24, 2.45) is 0 Å². The minimum Gasteiger partial charge on any atom is -0.390 e. The van der Waals surface area contributed by atoms with Gasteiger partial charge in [0.05, 0.1) is 51.8 Å². The van der Waals surface area contributed by atoms with Crippen LogP contribution in [0.1, 0.15) is 72.5 Å². The van der Waals surface area contributed by atoms with Crippen LogP contribution in [0.3, 0.4) is 0 Å². The van der Waals surface area contributed by atoms with Gasteiger partial charge in [-0.15, -0.1) is 0 Å². The normalized spacial score (nSPS) is 16.2. The molecule has 438 valence electrons. The highest BCUT2D eigenvalue weighted by Crippen LogP contribution is 2.32. The Hall–Kier alpha value is -9.59. The van der Waals surface area contributed by atoms with Crippen LogP contribution in [0.4, 0.5) is 0 Å². The van der Waals surface area contributed by atoms with E-state index in [4.69, 9.17) is 28.4 Å². The third kappa shape index (κ3) is 22.9. The van der Waals surface area contributed by atoms with Crippen molar-refractivity contribution in [3.05, 3.63) is 179 Å². The molecule has 80 heavy (non-hydrogen) atoms. The monoisotopic (exact) mass is 1100 g/mol. The number of aliphatic hydroxyl groups is 2. The number of nitrogens with one attached hydrogen (secondary N) is 1. The van der Waals surface area contributed by atoms with Crippen LogP contribution in [-0.2, 0) is 66.1 Å². The van der Waals surface area contributed by atoms with Gasteiger partial charge in [-0.25, -0.2) is 0 Å². The molecular formula is C70H99NO9. The predicted octanol–water partition coefficient (Wildman–Crippen LogP) is 12.0. The van der Waals surface area contributed by atoms with Crippen molar-refractivity contribution < 1.29 is 74.8 Å². The van der Waals surface area contributed by atoms with Gasteiger partial charge in [0.2, 0.25) is 0 Å². The molecular weight excluding hydrogens is 999 g/mol. The van der Waals surface area contributed by atoms with Crippen molar-refractivity contribution in [3.63, 3.8) is 0 Å². The number of carbonyl (C=O) groups excluding carboxylic acids is 1. The molecule has 10 nitrogen and oxygen atoms in total. The van der Waals surface area contributed by atoms with E-state index in [-0.39, 0.29) is 70.8 Å². The predicted molar refractivity (Wildman–Crippen MR) is 352 cm³/mol. The summed E-state index contributed by atoms with van der Waals surface area (Å²) in [7, 11) is 0. The van der Waals surface area contributed by atoms with Gasteiger partial charge in [0.25, 0.3) is 5.91 Å². The zero-order valence-electron chi connectivity index (χ0n) is 44.0. The maximum Gasteiger partial charge on any atom is 0.297 e. The Labute approximate surface area is 503 Å². The lowest BCUT2D eigenvalue weighted by atomic mass is 9.97. The summed E-state index contributed by atoms with van der Waals surface area (Å²) >= 11 is 0. The zero-order chi connectivity index (χ0) is 55.9. The molecule has 1 amide bonds. The summed E-state index contributed by atoms with van der Waals surface area (Å²) in [5.74, 6) is 54.8. The molecule has 5 aromatic carbocycles. The Kier molecular flexibility index (Phi) is 27.2. The first-order valence-corrected chi connectivity index (χ1v) is 25.5. The average Bonchev–Trinajstić information content (AvgIpc) is 0.788. The summed E-state index contributed by atoms with van der Waals surface area (Å²) < 4.78 is 40.3. The zero-order valence-corrected chi connectivity index (χ0v) is 44.0. The molecule has 10 heteroatoms. The largest absolute Gasteiger partial charge is 0.390 e. The maximum atomic E-state index is 13.5. The van der Waals surface area contributed by atoms with Gasteiger partial charge in [-0.3, -0.25) is 4.79 Å². The first-order chi connectivity index (χ1) is 39.5. The van der Waals surface area contributed by atoms with Gasteiger partial charge in [0.1, 0.15) is 30.5 Å². The number of hydrogen-bond donors (Lipinski definition) is 3. The Balaban J connectivity index is -0.000000219. The lowest BCUT2D eigenvalue weighted by molar-refractivity contribution is -0.329. The lowest BCUT2D eigenvalue weighted by Crippen LogP contribution is -2.62. The fraction of sp³-hybridized carbons (Fsp3) is 0.243. The second kappa shape index (κ2) is 36.4. The highest BCUT2D eigenvalue weighted by molar-refractivity contribution is 5.94. The number of hydrogen-bond acceptors (Lipinski definition) is 9. The van der Waals surface area contributed by atoms with Gasteiger partial charge in [0, 0.05) is 61.0 Å². The van der Waals surface area contributed by atoms with E-state index in [1.165, 1.54) is 0 Å². The highest BCUT2D eigenvalue weighted by atomic mass is 16.7. The molecule has 1 saturated heterocycles. The van der Waals surface area contributed by atoms with Crippen LogP contribution < -0.4 is 5.32 Å². The Morgan fingerprint density at radius 1 is 0.487 bits per heavy atom. The summed E-state index contributed by atoms with van der Waals surface area (Å²) in [4.78, 5) is 13.5. The number of carbonyl (C=O) groups is 1. The van der Waals surface area contributed by atoms with Crippen molar-refractivity contribution in [1.82, 2.24) is 5.32 Å². The average molecular weight is 1100 g/mol.